The van der Waals surface area contributed by atoms with Crippen LogP contribution in [0.15, 0.2) is 24.3 Å². The van der Waals surface area contributed by atoms with Gasteiger partial charge in [-0.25, -0.2) is 14.4 Å². The van der Waals surface area contributed by atoms with Crippen LogP contribution in [0.4, 0.5) is 10.2 Å². The van der Waals surface area contributed by atoms with E-state index in [0.29, 0.717) is 12.2 Å². The topological polar surface area (TPSA) is 37.8 Å². The van der Waals surface area contributed by atoms with Crippen molar-refractivity contribution in [2.45, 2.75) is 19.8 Å². The van der Waals surface area contributed by atoms with E-state index in [1.807, 2.05) is 13.1 Å². The van der Waals surface area contributed by atoms with Crippen molar-refractivity contribution in [1.82, 2.24) is 9.97 Å². The summed E-state index contributed by atoms with van der Waals surface area (Å²) in [5.41, 5.74) is 1.90. The molecular formula is C14H15FIN3. The maximum atomic E-state index is 13.2. The Labute approximate surface area is 125 Å². The molecule has 0 atom stereocenters. The van der Waals surface area contributed by atoms with E-state index >= 15 is 0 Å². The summed E-state index contributed by atoms with van der Waals surface area (Å²) in [6.45, 7) is 2.07. The number of hydrogen-bond acceptors (Lipinski definition) is 3. The predicted octanol–water partition coefficient (Wildman–Crippen LogP) is 3.42. The summed E-state index contributed by atoms with van der Waals surface area (Å²) >= 11 is 2.25. The fourth-order valence-electron chi connectivity index (χ4n) is 1.85. The lowest BCUT2D eigenvalue weighted by Gasteiger charge is -2.10. The molecule has 2 aromatic rings. The summed E-state index contributed by atoms with van der Waals surface area (Å²) in [7, 11) is 1.84. The summed E-state index contributed by atoms with van der Waals surface area (Å²) in [5, 5.41) is 3.07. The predicted molar refractivity (Wildman–Crippen MR) is 82.9 cm³/mol. The number of rotatable bonds is 4. The van der Waals surface area contributed by atoms with Gasteiger partial charge in [0.1, 0.15) is 17.5 Å². The SMILES string of the molecule is CCc1nc(Cc2cccc(F)c2)nc(NC)c1I. The van der Waals surface area contributed by atoms with Crippen LogP contribution < -0.4 is 5.32 Å². The van der Waals surface area contributed by atoms with E-state index in [1.54, 1.807) is 6.07 Å². The molecule has 19 heavy (non-hydrogen) atoms. The molecule has 0 aliphatic carbocycles. The lowest BCUT2D eigenvalue weighted by Crippen LogP contribution is -2.07. The molecule has 0 saturated heterocycles. The fourth-order valence-corrected chi connectivity index (χ4v) is 2.75. The minimum atomic E-state index is -0.229. The highest BCUT2D eigenvalue weighted by atomic mass is 127. The van der Waals surface area contributed by atoms with Gasteiger partial charge in [0.15, 0.2) is 0 Å². The Morgan fingerprint density at radius 2 is 2.11 bits per heavy atom. The molecule has 1 N–H and O–H groups in total. The van der Waals surface area contributed by atoms with Crippen molar-refractivity contribution in [2.24, 2.45) is 0 Å². The first-order valence-corrected chi connectivity index (χ1v) is 7.19. The number of aromatic nitrogens is 2. The highest BCUT2D eigenvalue weighted by molar-refractivity contribution is 14.1. The van der Waals surface area contributed by atoms with E-state index in [2.05, 4.69) is 44.8 Å². The van der Waals surface area contributed by atoms with E-state index in [0.717, 1.165) is 27.1 Å². The van der Waals surface area contributed by atoms with Crippen LogP contribution in [0.2, 0.25) is 0 Å². The minimum absolute atomic E-state index is 0.229. The van der Waals surface area contributed by atoms with Crippen LogP contribution in [-0.2, 0) is 12.8 Å². The molecule has 1 aromatic heterocycles. The van der Waals surface area contributed by atoms with Crippen molar-refractivity contribution in [3.63, 3.8) is 0 Å². The van der Waals surface area contributed by atoms with Crippen molar-refractivity contribution in [3.05, 3.63) is 50.7 Å². The first-order valence-electron chi connectivity index (χ1n) is 6.11. The summed E-state index contributed by atoms with van der Waals surface area (Å²) in [5.74, 6) is 1.32. The molecule has 3 nitrogen and oxygen atoms in total. The molecule has 0 unspecified atom stereocenters. The largest absolute Gasteiger partial charge is 0.372 e. The Bertz CT molecular complexity index is 562. The number of halogens is 2. The molecule has 1 aromatic carbocycles. The second kappa shape index (κ2) is 6.27. The van der Waals surface area contributed by atoms with Crippen LogP contribution in [0.3, 0.4) is 0 Å². The van der Waals surface area contributed by atoms with Gasteiger partial charge in [0.2, 0.25) is 0 Å². The molecule has 100 valence electrons. The summed E-state index contributed by atoms with van der Waals surface area (Å²) in [6.07, 6.45) is 1.39. The van der Waals surface area contributed by atoms with Gasteiger partial charge in [-0.2, -0.15) is 0 Å². The number of nitrogens with zero attached hydrogens (tertiary/aromatic N) is 2. The van der Waals surface area contributed by atoms with Gasteiger partial charge in [0.25, 0.3) is 0 Å². The van der Waals surface area contributed by atoms with Crippen LogP contribution in [0.25, 0.3) is 0 Å². The number of benzene rings is 1. The number of aryl methyl sites for hydroxylation is 1. The van der Waals surface area contributed by atoms with Gasteiger partial charge >= 0.3 is 0 Å². The average Bonchev–Trinajstić information content (AvgIpc) is 2.40. The Balaban J connectivity index is 2.35. The number of anilines is 1. The maximum Gasteiger partial charge on any atom is 0.143 e. The molecule has 0 fully saturated rings. The normalized spacial score (nSPS) is 10.5. The van der Waals surface area contributed by atoms with Crippen molar-refractivity contribution in [2.75, 3.05) is 12.4 Å². The molecule has 0 saturated carbocycles. The van der Waals surface area contributed by atoms with Gasteiger partial charge in [-0.3, -0.25) is 0 Å². The zero-order valence-electron chi connectivity index (χ0n) is 10.9. The summed E-state index contributed by atoms with van der Waals surface area (Å²) in [6, 6.07) is 6.55. The first-order chi connectivity index (χ1) is 9.13. The van der Waals surface area contributed by atoms with Crippen LogP contribution in [0.5, 0.6) is 0 Å². The highest BCUT2D eigenvalue weighted by Gasteiger charge is 2.10. The Morgan fingerprint density at radius 1 is 1.32 bits per heavy atom. The summed E-state index contributed by atoms with van der Waals surface area (Å²) < 4.78 is 14.2. The zero-order valence-corrected chi connectivity index (χ0v) is 13.0. The average molecular weight is 371 g/mol. The lowest BCUT2D eigenvalue weighted by molar-refractivity contribution is 0.625. The second-order valence-corrected chi connectivity index (χ2v) is 5.24. The molecule has 0 aliphatic heterocycles. The smallest absolute Gasteiger partial charge is 0.143 e. The van der Waals surface area contributed by atoms with E-state index in [1.165, 1.54) is 12.1 Å². The van der Waals surface area contributed by atoms with Crippen molar-refractivity contribution in [3.8, 4) is 0 Å². The molecule has 0 amide bonds. The molecule has 0 aliphatic rings. The van der Waals surface area contributed by atoms with Gasteiger partial charge in [0, 0.05) is 13.5 Å². The van der Waals surface area contributed by atoms with Crippen molar-refractivity contribution < 1.29 is 4.39 Å². The number of hydrogen-bond donors (Lipinski definition) is 1. The van der Waals surface area contributed by atoms with E-state index < -0.39 is 0 Å². The lowest BCUT2D eigenvalue weighted by atomic mass is 10.1. The Kier molecular flexibility index (Phi) is 4.68. The molecule has 1 heterocycles. The number of nitrogens with one attached hydrogen (secondary N) is 1. The van der Waals surface area contributed by atoms with Crippen LogP contribution >= 0.6 is 22.6 Å². The van der Waals surface area contributed by atoms with E-state index in [-0.39, 0.29) is 5.82 Å². The van der Waals surface area contributed by atoms with Gasteiger partial charge < -0.3 is 5.32 Å². The zero-order chi connectivity index (χ0) is 13.8. The quantitative estimate of drug-likeness (QED) is 0.838. The maximum absolute atomic E-state index is 13.2. The van der Waals surface area contributed by atoms with Gasteiger partial charge in [-0.05, 0) is 46.7 Å². The second-order valence-electron chi connectivity index (χ2n) is 4.16. The van der Waals surface area contributed by atoms with Crippen molar-refractivity contribution >= 4 is 28.4 Å². The molecule has 0 spiro atoms. The summed E-state index contributed by atoms with van der Waals surface area (Å²) in [4.78, 5) is 9.02. The molecule has 0 bridgehead atoms. The van der Waals surface area contributed by atoms with Crippen molar-refractivity contribution in [1.29, 1.82) is 0 Å². The van der Waals surface area contributed by atoms with E-state index in [4.69, 9.17) is 0 Å². The van der Waals surface area contributed by atoms with Crippen LogP contribution in [0.1, 0.15) is 24.0 Å². The van der Waals surface area contributed by atoms with Crippen LogP contribution in [-0.4, -0.2) is 17.0 Å². The fraction of sp³-hybridized carbons (Fsp3) is 0.286. The van der Waals surface area contributed by atoms with Gasteiger partial charge in [0.05, 0.1) is 9.26 Å². The molecular weight excluding hydrogens is 356 g/mol. The van der Waals surface area contributed by atoms with E-state index in [9.17, 15) is 4.39 Å². The van der Waals surface area contributed by atoms with Gasteiger partial charge in [-0.1, -0.05) is 19.1 Å². The molecule has 0 radical (unpaired) electrons. The Hall–Kier alpha value is -1.24. The third kappa shape index (κ3) is 3.40. The van der Waals surface area contributed by atoms with Gasteiger partial charge in [-0.15, -0.1) is 0 Å². The standard InChI is InChI=1S/C14H15FIN3/c1-3-11-13(16)14(17-2)19-12(18-11)8-9-5-4-6-10(15)7-9/h4-7H,3,8H2,1-2H3,(H,17,18,19). The minimum Gasteiger partial charge on any atom is -0.372 e. The molecule has 2 rings (SSSR count). The van der Waals surface area contributed by atoms with Crippen LogP contribution in [0, 0.1) is 9.39 Å². The molecule has 5 heteroatoms. The third-order valence-corrected chi connectivity index (χ3v) is 3.92. The highest BCUT2D eigenvalue weighted by Crippen LogP contribution is 2.20. The third-order valence-electron chi connectivity index (χ3n) is 2.79. The first kappa shape index (κ1) is 14.2. The Morgan fingerprint density at radius 3 is 2.74 bits per heavy atom. The monoisotopic (exact) mass is 371 g/mol.